The molecule has 1 amide bonds. The van der Waals surface area contributed by atoms with Crippen LogP contribution >= 0.6 is 11.3 Å². The minimum atomic E-state index is -3.79. The van der Waals surface area contributed by atoms with Crippen LogP contribution in [0.2, 0.25) is 0 Å². The second kappa shape index (κ2) is 6.51. The van der Waals surface area contributed by atoms with Gasteiger partial charge in [-0.1, -0.05) is 41.2 Å². The highest BCUT2D eigenvalue weighted by molar-refractivity contribution is 7.91. The Morgan fingerprint density at radius 1 is 1.23 bits per heavy atom. The molecule has 0 unspecified atom stereocenters. The van der Waals surface area contributed by atoms with Gasteiger partial charge in [0.25, 0.3) is 10.0 Å². The van der Waals surface area contributed by atoms with Gasteiger partial charge < -0.3 is 5.32 Å². The molecule has 22 heavy (non-hydrogen) atoms. The molecule has 1 atom stereocenters. The summed E-state index contributed by atoms with van der Waals surface area (Å²) in [6, 6.07) is 7.16. The van der Waals surface area contributed by atoms with Crippen molar-refractivity contribution in [2.45, 2.75) is 31.2 Å². The van der Waals surface area contributed by atoms with Crippen molar-refractivity contribution >= 4 is 32.4 Å². The van der Waals surface area contributed by atoms with E-state index in [9.17, 15) is 13.2 Å². The van der Waals surface area contributed by atoms with E-state index in [2.05, 4.69) is 20.2 Å². The summed E-state index contributed by atoms with van der Waals surface area (Å²) in [5.41, 5.74) is 1.95. The van der Waals surface area contributed by atoms with Gasteiger partial charge in [-0.25, -0.2) is 13.1 Å². The van der Waals surface area contributed by atoms with Crippen LogP contribution in [-0.2, 0) is 14.8 Å². The van der Waals surface area contributed by atoms with Gasteiger partial charge in [0.2, 0.25) is 15.4 Å². The lowest BCUT2D eigenvalue weighted by Crippen LogP contribution is -2.26. The molecule has 1 heterocycles. The standard InChI is InChI=1S/C13H16N4O3S2/c1-8-4-6-11(7-5-8)9(2)17-22(19,20)13-16-15-12(21-13)14-10(3)18/h4-7,9,17H,1-3H3,(H,14,15,18)/t9-/m1/s1. The third-order valence-corrected chi connectivity index (χ3v) is 5.58. The third-order valence-electron chi connectivity index (χ3n) is 2.83. The molecule has 0 radical (unpaired) electrons. The van der Waals surface area contributed by atoms with Gasteiger partial charge in [0.1, 0.15) is 0 Å². The van der Waals surface area contributed by atoms with Crippen LogP contribution < -0.4 is 10.0 Å². The number of carbonyl (C=O) groups is 1. The van der Waals surface area contributed by atoms with Crippen LogP contribution in [0.25, 0.3) is 0 Å². The van der Waals surface area contributed by atoms with Crippen LogP contribution in [0.1, 0.15) is 31.0 Å². The van der Waals surface area contributed by atoms with Crippen LogP contribution in [0.15, 0.2) is 28.6 Å². The largest absolute Gasteiger partial charge is 0.301 e. The van der Waals surface area contributed by atoms with E-state index in [4.69, 9.17) is 0 Å². The predicted molar refractivity (Wildman–Crippen MR) is 84.1 cm³/mol. The first-order chi connectivity index (χ1) is 10.3. The van der Waals surface area contributed by atoms with E-state index in [1.54, 1.807) is 6.92 Å². The van der Waals surface area contributed by atoms with E-state index >= 15 is 0 Å². The van der Waals surface area contributed by atoms with Gasteiger partial charge in [-0.15, -0.1) is 10.2 Å². The fourth-order valence-corrected chi connectivity index (χ4v) is 3.92. The molecule has 2 N–H and O–H groups in total. The zero-order valence-corrected chi connectivity index (χ0v) is 14.0. The van der Waals surface area contributed by atoms with Crippen molar-refractivity contribution in [1.82, 2.24) is 14.9 Å². The van der Waals surface area contributed by atoms with Gasteiger partial charge in [0.15, 0.2) is 0 Å². The first-order valence-electron chi connectivity index (χ1n) is 6.48. The second-order valence-electron chi connectivity index (χ2n) is 4.81. The van der Waals surface area contributed by atoms with E-state index in [0.29, 0.717) is 0 Å². The molecule has 0 saturated heterocycles. The SMILES string of the molecule is CC(=O)Nc1nnc(S(=O)(=O)N[C@H](C)c2ccc(C)cc2)s1. The van der Waals surface area contributed by atoms with Crippen molar-refractivity contribution in [3.63, 3.8) is 0 Å². The molecular weight excluding hydrogens is 324 g/mol. The van der Waals surface area contributed by atoms with Crippen LogP contribution in [0.4, 0.5) is 5.13 Å². The summed E-state index contributed by atoms with van der Waals surface area (Å²) < 4.78 is 26.9. The van der Waals surface area contributed by atoms with E-state index in [1.165, 1.54) is 6.92 Å². The van der Waals surface area contributed by atoms with E-state index in [-0.39, 0.29) is 15.4 Å². The van der Waals surface area contributed by atoms with Crippen molar-refractivity contribution in [1.29, 1.82) is 0 Å². The fourth-order valence-electron chi connectivity index (χ4n) is 1.73. The first-order valence-corrected chi connectivity index (χ1v) is 8.78. The maximum Gasteiger partial charge on any atom is 0.270 e. The van der Waals surface area contributed by atoms with Crippen molar-refractivity contribution in [3.8, 4) is 0 Å². The summed E-state index contributed by atoms with van der Waals surface area (Å²) in [6.45, 7) is 5.02. The quantitative estimate of drug-likeness (QED) is 0.809. The highest BCUT2D eigenvalue weighted by Gasteiger charge is 2.23. The molecule has 0 aliphatic heterocycles. The number of hydrogen-bond acceptors (Lipinski definition) is 6. The van der Waals surface area contributed by atoms with Gasteiger partial charge in [-0.05, 0) is 19.4 Å². The van der Waals surface area contributed by atoms with Crippen LogP contribution in [0.3, 0.4) is 0 Å². The number of benzene rings is 1. The Balaban J connectivity index is 2.14. The highest BCUT2D eigenvalue weighted by Crippen LogP contribution is 2.22. The Hall–Kier alpha value is -1.84. The summed E-state index contributed by atoms with van der Waals surface area (Å²) >= 11 is 0.803. The summed E-state index contributed by atoms with van der Waals surface area (Å²) in [4.78, 5) is 10.9. The van der Waals surface area contributed by atoms with E-state index in [0.717, 1.165) is 22.5 Å². The zero-order valence-electron chi connectivity index (χ0n) is 12.3. The Morgan fingerprint density at radius 3 is 2.45 bits per heavy atom. The number of rotatable bonds is 5. The lowest BCUT2D eigenvalue weighted by Gasteiger charge is -2.13. The molecule has 1 aromatic heterocycles. The topological polar surface area (TPSA) is 101 Å². The molecule has 0 bridgehead atoms. The van der Waals surface area contributed by atoms with Crippen LogP contribution in [0, 0.1) is 6.92 Å². The predicted octanol–water partition coefficient (Wildman–Crippen LogP) is 1.84. The van der Waals surface area contributed by atoms with Crippen molar-refractivity contribution < 1.29 is 13.2 Å². The number of hydrogen-bond donors (Lipinski definition) is 2. The average Bonchev–Trinajstić information content (AvgIpc) is 2.87. The lowest BCUT2D eigenvalue weighted by molar-refractivity contribution is -0.114. The Labute approximate surface area is 132 Å². The first kappa shape index (κ1) is 16.5. The van der Waals surface area contributed by atoms with Gasteiger partial charge in [0.05, 0.1) is 0 Å². The van der Waals surface area contributed by atoms with Gasteiger partial charge in [-0.3, -0.25) is 4.79 Å². The molecule has 2 aromatic rings. The van der Waals surface area contributed by atoms with Gasteiger partial charge in [0, 0.05) is 13.0 Å². The summed E-state index contributed by atoms with van der Waals surface area (Å²) in [7, 11) is -3.79. The second-order valence-corrected chi connectivity index (χ2v) is 7.67. The van der Waals surface area contributed by atoms with Crippen molar-refractivity contribution in [3.05, 3.63) is 35.4 Å². The fraction of sp³-hybridized carbons (Fsp3) is 0.308. The molecule has 0 fully saturated rings. The molecule has 0 aliphatic rings. The number of nitrogens with zero attached hydrogens (tertiary/aromatic N) is 2. The summed E-state index contributed by atoms with van der Waals surface area (Å²) in [6.07, 6.45) is 0. The van der Waals surface area contributed by atoms with Gasteiger partial charge in [-0.2, -0.15) is 0 Å². The van der Waals surface area contributed by atoms with Crippen LogP contribution in [-0.4, -0.2) is 24.5 Å². The molecule has 7 nitrogen and oxygen atoms in total. The Kier molecular flexibility index (Phi) is 4.89. The molecule has 9 heteroatoms. The number of anilines is 1. The normalized spacial score (nSPS) is 12.9. The molecule has 1 aromatic carbocycles. The molecule has 0 aliphatic carbocycles. The number of amides is 1. The number of aryl methyl sites for hydroxylation is 1. The monoisotopic (exact) mass is 340 g/mol. The summed E-state index contributed by atoms with van der Waals surface area (Å²) in [5, 5.41) is 9.79. The Morgan fingerprint density at radius 2 is 1.86 bits per heavy atom. The summed E-state index contributed by atoms with van der Waals surface area (Å²) in [5.74, 6) is -0.332. The molecule has 0 saturated carbocycles. The number of carbonyl (C=O) groups excluding carboxylic acids is 1. The highest BCUT2D eigenvalue weighted by atomic mass is 32.2. The molecular formula is C13H16N4O3S2. The minimum absolute atomic E-state index is 0.149. The number of sulfonamides is 1. The van der Waals surface area contributed by atoms with Crippen molar-refractivity contribution in [2.24, 2.45) is 0 Å². The van der Waals surface area contributed by atoms with Crippen molar-refractivity contribution in [2.75, 3.05) is 5.32 Å². The number of nitrogens with one attached hydrogen (secondary N) is 2. The van der Waals surface area contributed by atoms with Crippen LogP contribution in [0.5, 0.6) is 0 Å². The number of aromatic nitrogens is 2. The third kappa shape index (κ3) is 4.09. The maximum absolute atomic E-state index is 12.3. The molecule has 2 rings (SSSR count). The zero-order chi connectivity index (χ0) is 16.3. The molecule has 118 valence electrons. The Bertz CT molecular complexity index is 769. The average molecular weight is 340 g/mol. The minimum Gasteiger partial charge on any atom is -0.301 e. The molecule has 0 spiro atoms. The lowest BCUT2D eigenvalue weighted by atomic mass is 10.1. The maximum atomic E-state index is 12.3. The van der Waals surface area contributed by atoms with E-state index in [1.807, 2.05) is 31.2 Å². The van der Waals surface area contributed by atoms with Gasteiger partial charge >= 0.3 is 0 Å². The smallest absolute Gasteiger partial charge is 0.270 e. The van der Waals surface area contributed by atoms with E-state index < -0.39 is 16.1 Å².